The number of ether oxygens (including phenoxy) is 1. The van der Waals surface area contributed by atoms with Gasteiger partial charge in [0.15, 0.2) is 0 Å². The maximum absolute atomic E-state index is 5.60. The van der Waals surface area contributed by atoms with Crippen LogP contribution in [0.15, 0.2) is 11.1 Å². The van der Waals surface area contributed by atoms with Crippen molar-refractivity contribution in [3.8, 4) is 0 Å². The van der Waals surface area contributed by atoms with E-state index in [9.17, 15) is 0 Å². The molecule has 3 heteroatoms. The highest BCUT2D eigenvalue weighted by Crippen LogP contribution is 2.20. The average molecular weight is 210 g/mol. The van der Waals surface area contributed by atoms with Crippen molar-refractivity contribution < 1.29 is 4.74 Å². The lowest BCUT2D eigenvalue weighted by Crippen LogP contribution is -2.40. The van der Waals surface area contributed by atoms with E-state index in [2.05, 4.69) is 31.1 Å². The van der Waals surface area contributed by atoms with E-state index in [0.29, 0.717) is 12.1 Å². The molecule has 0 aliphatic carbocycles. The van der Waals surface area contributed by atoms with Gasteiger partial charge in [-0.25, -0.2) is 0 Å². The van der Waals surface area contributed by atoms with Gasteiger partial charge in [-0.1, -0.05) is 5.57 Å². The number of likely N-dealkylation sites (N-methyl/N-ethyl adjacent to an activating group) is 1. The van der Waals surface area contributed by atoms with Gasteiger partial charge in [0, 0.05) is 32.3 Å². The van der Waals surface area contributed by atoms with Crippen LogP contribution in [0.4, 0.5) is 0 Å². The molecule has 2 rings (SSSR count). The molecule has 0 bridgehead atoms. The molecule has 2 fully saturated rings. The summed E-state index contributed by atoms with van der Waals surface area (Å²) >= 11 is 0. The second kappa shape index (κ2) is 4.64. The van der Waals surface area contributed by atoms with E-state index in [1.54, 1.807) is 5.57 Å². The van der Waals surface area contributed by atoms with Crippen molar-refractivity contribution in [2.45, 2.75) is 32.4 Å². The SMILES string of the molecule is CC(CN(C)C1CCOC1C)=C1CNC1. The van der Waals surface area contributed by atoms with Crippen LogP contribution in [0.1, 0.15) is 20.3 Å². The number of hydrogen-bond donors (Lipinski definition) is 1. The molecule has 86 valence electrons. The topological polar surface area (TPSA) is 24.5 Å². The number of rotatable bonds is 3. The van der Waals surface area contributed by atoms with Crippen LogP contribution in [-0.2, 0) is 4.74 Å². The lowest BCUT2D eigenvalue weighted by molar-refractivity contribution is 0.0865. The first-order valence-electron chi connectivity index (χ1n) is 5.88. The number of hydrogen-bond acceptors (Lipinski definition) is 3. The van der Waals surface area contributed by atoms with Crippen LogP contribution in [0.5, 0.6) is 0 Å². The van der Waals surface area contributed by atoms with E-state index in [-0.39, 0.29) is 0 Å². The Morgan fingerprint density at radius 3 is 2.73 bits per heavy atom. The van der Waals surface area contributed by atoms with Gasteiger partial charge in [-0.2, -0.15) is 0 Å². The van der Waals surface area contributed by atoms with E-state index in [4.69, 9.17) is 4.74 Å². The Bertz CT molecular complexity index is 256. The third kappa shape index (κ3) is 2.41. The van der Waals surface area contributed by atoms with E-state index in [1.807, 2.05) is 0 Å². The van der Waals surface area contributed by atoms with E-state index in [1.165, 1.54) is 12.0 Å². The summed E-state index contributed by atoms with van der Waals surface area (Å²) in [6, 6.07) is 0.605. The Morgan fingerprint density at radius 1 is 1.53 bits per heavy atom. The zero-order chi connectivity index (χ0) is 10.8. The first kappa shape index (κ1) is 11.1. The van der Waals surface area contributed by atoms with Crippen LogP contribution in [0, 0.1) is 0 Å². The summed E-state index contributed by atoms with van der Waals surface area (Å²) in [5, 5.41) is 3.29. The zero-order valence-electron chi connectivity index (χ0n) is 10.0. The van der Waals surface area contributed by atoms with Crippen LogP contribution in [0.3, 0.4) is 0 Å². The fourth-order valence-electron chi connectivity index (χ4n) is 2.45. The third-order valence-electron chi connectivity index (χ3n) is 3.67. The molecule has 0 amide bonds. The molecular formula is C12H22N2O. The lowest BCUT2D eigenvalue weighted by Gasteiger charge is -2.29. The van der Waals surface area contributed by atoms with Crippen LogP contribution < -0.4 is 5.32 Å². The Labute approximate surface area is 92.5 Å². The quantitative estimate of drug-likeness (QED) is 0.704. The summed E-state index contributed by atoms with van der Waals surface area (Å²) < 4.78 is 5.60. The zero-order valence-corrected chi connectivity index (χ0v) is 10.0. The van der Waals surface area contributed by atoms with Crippen molar-refractivity contribution in [3.05, 3.63) is 11.1 Å². The number of nitrogens with one attached hydrogen (secondary N) is 1. The fraction of sp³-hybridized carbons (Fsp3) is 0.833. The van der Waals surface area contributed by atoms with E-state index < -0.39 is 0 Å². The van der Waals surface area contributed by atoms with Gasteiger partial charge in [-0.3, -0.25) is 4.90 Å². The van der Waals surface area contributed by atoms with Crippen molar-refractivity contribution in [2.24, 2.45) is 0 Å². The maximum Gasteiger partial charge on any atom is 0.0703 e. The van der Waals surface area contributed by atoms with Gasteiger partial charge in [0.05, 0.1) is 6.10 Å². The monoisotopic (exact) mass is 210 g/mol. The number of nitrogens with zero attached hydrogens (tertiary/aromatic N) is 1. The van der Waals surface area contributed by atoms with Gasteiger partial charge in [0.25, 0.3) is 0 Å². The molecule has 0 spiro atoms. The van der Waals surface area contributed by atoms with Gasteiger partial charge < -0.3 is 10.1 Å². The van der Waals surface area contributed by atoms with Gasteiger partial charge in [0.2, 0.25) is 0 Å². The molecule has 0 aromatic heterocycles. The molecular weight excluding hydrogens is 188 g/mol. The Balaban J connectivity index is 1.88. The minimum absolute atomic E-state index is 0.396. The molecule has 0 saturated carbocycles. The molecule has 2 heterocycles. The fourth-order valence-corrected chi connectivity index (χ4v) is 2.45. The van der Waals surface area contributed by atoms with E-state index in [0.717, 1.165) is 26.2 Å². The van der Waals surface area contributed by atoms with Crippen LogP contribution in [0.2, 0.25) is 0 Å². The Hall–Kier alpha value is -0.380. The Kier molecular flexibility index (Phi) is 3.44. The second-order valence-electron chi connectivity index (χ2n) is 4.83. The van der Waals surface area contributed by atoms with Crippen molar-refractivity contribution in [2.75, 3.05) is 33.3 Å². The van der Waals surface area contributed by atoms with Gasteiger partial charge in [-0.05, 0) is 32.9 Å². The van der Waals surface area contributed by atoms with Crippen molar-refractivity contribution in [1.82, 2.24) is 10.2 Å². The molecule has 2 unspecified atom stereocenters. The molecule has 2 saturated heterocycles. The highest BCUT2D eigenvalue weighted by Gasteiger charge is 2.28. The molecule has 0 aromatic carbocycles. The normalized spacial score (nSPS) is 30.8. The maximum atomic E-state index is 5.60. The molecule has 1 N–H and O–H groups in total. The van der Waals surface area contributed by atoms with Gasteiger partial charge >= 0.3 is 0 Å². The molecule has 3 nitrogen and oxygen atoms in total. The summed E-state index contributed by atoms with van der Waals surface area (Å²) in [5.41, 5.74) is 3.13. The molecule has 2 aliphatic rings. The first-order valence-corrected chi connectivity index (χ1v) is 5.88. The van der Waals surface area contributed by atoms with Crippen molar-refractivity contribution in [3.63, 3.8) is 0 Å². The van der Waals surface area contributed by atoms with Crippen LogP contribution >= 0.6 is 0 Å². The molecule has 0 aromatic rings. The predicted octanol–water partition coefficient (Wildman–Crippen LogP) is 1.02. The highest BCUT2D eigenvalue weighted by atomic mass is 16.5. The Morgan fingerprint density at radius 2 is 2.27 bits per heavy atom. The second-order valence-corrected chi connectivity index (χ2v) is 4.83. The minimum Gasteiger partial charge on any atom is -0.377 e. The first-order chi connectivity index (χ1) is 7.18. The molecule has 2 aliphatic heterocycles. The summed E-state index contributed by atoms with van der Waals surface area (Å²) in [7, 11) is 2.21. The van der Waals surface area contributed by atoms with E-state index >= 15 is 0 Å². The minimum atomic E-state index is 0.396. The molecule has 0 radical (unpaired) electrons. The van der Waals surface area contributed by atoms with Crippen LogP contribution in [0.25, 0.3) is 0 Å². The summed E-state index contributed by atoms with van der Waals surface area (Å²) in [5.74, 6) is 0. The largest absolute Gasteiger partial charge is 0.377 e. The predicted molar refractivity (Wildman–Crippen MR) is 62.0 cm³/mol. The van der Waals surface area contributed by atoms with Crippen molar-refractivity contribution in [1.29, 1.82) is 0 Å². The molecule has 15 heavy (non-hydrogen) atoms. The smallest absolute Gasteiger partial charge is 0.0703 e. The standard InChI is InChI=1S/C12H22N2O/c1-9(11-6-13-7-11)8-14(3)12-4-5-15-10(12)2/h10,12-13H,4-8H2,1-3H3. The summed E-state index contributed by atoms with van der Waals surface area (Å²) in [6.45, 7) is 8.64. The average Bonchev–Trinajstić information content (AvgIpc) is 2.47. The summed E-state index contributed by atoms with van der Waals surface area (Å²) in [6.07, 6.45) is 1.57. The highest BCUT2D eigenvalue weighted by molar-refractivity contribution is 5.22. The molecule has 2 atom stereocenters. The third-order valence-corrected chi connectivity index (χ3v) is 3.67. The lowest BCUT2D eigenvalue weighted by atomic mass is 10.0. The van der Waals surface area contributed by atoms with Crippen LogP contribution in [-0.4, -0.2) is 50.3 Å². The summed E-state index contributed by atoms with van der Waals surface area (Å²) in [4.78, 5) is 2.44. The van der Waals surface area contributed by atoms with Crippen molar-refractivity contribution >= 4 is 0 Å². The van der Waals surface area contributed by atoms with Gasteiger partial charge in [0.1, 0.15) is 0 Å². The van der Waals surface area contributed by atoms with Gasteiger partial charge in [-0.15, -0.1) is 0 Å².